The number of carbonyl (C=O) groups is 2. The standard InChI is InChI=1S/C14H20N2O3/c1-10-3-5-12(6-4-10)14(19)15-9-13(18)16-11(2)7-8-17/h3-6,11,17H,7-9H2,1-2H3,(H,15,19)(H,16,18). The van der Waals surface area contributed by atoms with Gasteiger partial charge in [-0.15, -0.1) is 0 Å². The average Bonchev–Trinajstić information content (AvgIpc) is 2.37. The highest BCUT2D eigenvalue weighted by molar-refractivity contribution is 5.96. The molecule has 5 heteroatoms. The van der Waals surface area contributed by atoms with Gasteiger partial charge in [0, 0.05) is 18.2 Å². The largest absolute Gasteiger partial charge is 0.396 e. The van der Waals surface area contributed by atoms with Crippen LogP contribution in [0, 0.1) is 6.92 Å². The SMILES string of the molecule is Cc1ccc(C(=O)NCC(=O)NC(C)CCO)cc1. The van der Waals surface area contributed by atoms with E-state index in [1.165, 1.54) is 0 Å². The van der Waals surface area contributed by atoms with Gasteiger partial charge in [-0.25, -0.2) is 0 Å². The molecule has 0 aliphatic rings. The van der Waals surface area contributed by atoms with Crippen LogP contribution in [0.25, 0.3) is 0 Å². The molecule has 0 aromatic heterocycles. The lowest BCUT2D eigenvalue weighted by atomic mass is 10.1. The maximum Gasteiger partial charge on any atom is 0.251 e. The third-order valence-electron chi connectivity index (χ3n) is 2.69. The molecule has 0 saturated carbocycles. The van der Waals surface area contributed by atoms with Gasteiger partial charge < -0.3 is 15.7 Å². The number of aliphatic hydroxyl groups is 1. The Kier molecular flexibility index (Phi) is 6.02. The predicted octanol–water partition coefficient (Wildman–Crippen LogP) is 0.612. The van der Waals surface area contributed by atoms with Gasteiger partial charge in [0.1, 0.15) is 0 Å². The van der Waals surface area contributed by atoms with E-state index in [1.807, 2.05) is 19.1 Å². The second-order valence-electron chi connectivity index (χ2n) is 4.53. The molecule has 3 N–H and O–H groups in total. The summed E-state index contributed by atoms with van der Waals surface area (Å²) in [7, 11) is 0. The van der Waals surface area contributed by atoms with Gasteiger partial charge in [-0.05, 0) is 32.4 Å². The Morgan fingerprint density at radius 1 is 1.26 bits per heavy atom. The van der Waals surface area contributed by atoms with Crippen LogP contribution in [0.3, 0.4) is 0 Å². The molecule has 0 radical (unpaired) electrons. The highest BCUT2D eigenvalue weighted by atomic mass is 16.3. The van der Waals surface area contributed by atoms with Crippen molar-refractivity contribution in [3.8, 4) is 0 Å². The van der Waals surface area contributed by atoms with E-state index < -0.39 is 0 Å². The Hall–Kier alpha value is -1.88. The molecule has 1 aromatic rings. The van der Waals surface area contributed by atoms with E-state index in [-0.39, 0.29) is 31.0 Å². The highest BCUT2D eigenvalue weighted by Gasteiger charge is 2.09. The molecule has 1 aromatic carbocycles. The summed E-state index contributed by atoms with van der Waals surface area (Å²) in [5.41, 5.74) is 1.61. The molecule has 0 aliphatic heterocycles. The summed E-state index contributed by atoms with van der Waals surface area (Å²) < 4.78 is 0. The van der Waals surface area contributed by atoms with Gasteiger partial charge in [0.2, 0.25) is 5.91 Å². The number of rotatable bonds is 6. The molecular formula is C14H20N2O3. The topological polar surface area (TPSA) is 78.4 Å². The molecule has 19 heavy (non-hydrogen) atoms. The number of aliphatic hydroxyl groups excluding tert-OH is 1. The lowest BCUT2D eigenvalue weighted by Gasteiger charge is -2.12. The molecule has 1 unspecified atom stereocenters. The summed E-state index contributed by atoms with van der Waals surface area (Å²) >= 11 is 0. The van der Waals surface area contributed by atoms with E-state index in [0.717, 1.165) is 5.56 Å². The maximum atomic E-state index is 11.7. The van der Waals surface area contributed by atoms with Crippen LogP contribution < -0.4 is 10.6 Å². The minimum absolute atomic E-state index is 0.0250. The molecular weight excluding hydrogens is 244 g/mol. The molecule has 0 spiro atoms. The maximum absolute atomic E-state index is 11.7. The van der Waals surface area contributed by atoms with Gasteiger partial charge in [-0.2, -0.15) is 0 Å². The van der Waals surface area contributed by atoms with Crippen LogP contribution in [-0.2, 0) is 4.79 Å². The van der Waals surface area contributed by atoms with Crippen molar-refractivity contribution in [1.29, 1.82) is 0 Å². The van der Waals surface area contributed by atoms with Crippen LogP contribution in [0.4, 0.5) is 0 Å². The molecule has 1 atom stereocenters. The Bertz CT molecular complexity index is 429. The molecule has 0 heterocycles. The first-order valence-corrected chi connectivity index (χ1v) is 6.28. The third-order valence-corrected chi connectivity index (χ3v) is 2.69. The van der Waals surface area contributed by atoms with Gasteiger partial charge in [0.05, 0.1) is 6.54 Å². The average molecular weight is 264 g/mol. The molecule has 1 rings (SSSR count). The molecule has 5 nitrogen and oxygen atoms in total. The number of hydrogen-bond donors (Lipinski definition) is 3. The first-order chi connectivity index (χ1) is 9.02. The summed E-state index contributed by atoms with van der Waals surface area (Å²) in [6, 6.07) is 7.03. The fraction of sp³-hybridized carbons (Fsp3) is 0.429. The van der Waals surface area contributed by atoms with Crippen LogP contribution in [-0.4, -0.2) is 36.1 Å². The Labute approximate surface area is 113 Å². The fourth-order valence-corrected chi connectivity index (χ4v) is 1.56. The van der Waals surface area contributed by atoms with E-state index in [2.05, 4.69) is 10.6 Å². The van der Waals surface area contributed by atoms with Crippen LogP contribution in [0.5, 0.6) is 0 Å². The van der Waals surface area contributed by atoms with Crippen LogP contribution in [0.2, 0.25) is 0 Å². The van der Waals surface area contributed by atoms with Crippen molar-refractivity contribution in [2.24, 2.45) is 0 Å². The molecule has 0 fully saturated rings. The van der Waals surface area contributed by atoms with E-state index in [1.54, 1.807) is 19.1 Å². The molecule has 2 amide bonds. The number of nitrogens with one attached hydrogen (secondary N) is 2. The van der Waals surface area contributed by atoms with Gasteiger partial charge in [0.15, 0.2) is 0 Å². The van der Waals surface area contributed by atoms with Gasteiger partial charge in [-0.1, -0.05) is 17.7 Å². The fourth-order valence-electron chi connectivity index (χ4n) is 1.56. The van der Waals surface area contributed by atoms with Crippen molar-refractivity contribution < 1.29 is 14.7 Å². The first-order valence-electron chi connectivity index (χ1n) is 6.28. The zero-order chi connectivity index (χ0) is 14.3. The Morgan fingerprint density at radius 3 is 2.47 bits per heavy atom. The molecule has 0 aliphatic carbocycles. The number of carbonyl (C=O) groups excluding carboxylic acids is 2. The smallest absolute Gasteiger partial charge is 0.251 e. The second kappa shape index (κ2) is 7.53. The summed E-state index contributed by atoms with van der Waals surface area (Å²) in [4.78, 5) is 23.3. The van der Waals surface area contributed by atoms with Gasteiger partial charge in [0.25, 0.3) is 5.91 Å². The minimum atomic E-state index is -0.273. The first kappa shape index (κ1) is 15.2. The predicted molar refractivity (Wildman–Crippen MR) is 72.8 cm³/mol. The van der Waals surface area contributed by atoms with E-state index in [4.69, 9.17) is 5.11 Å². The molecule has 0 saturated heterocycles. The Morgan fingerprint density at radius 2 is 1.89 bits per heavy atom. The van der Waals surface area contributed by atoms with Crippen LogP contribution in [0.15, 0.2) is 24.3 Å². The highest BCUT2D eigenvalue weighted by Crippen LogP contribution is 2.02. The van der Waals surface area contributed by atoms with Crippen molar-refractivity contribution in [3.63, 3.8) is 0 Å². The summed E-state index contributed by atoms with van der Waals surface area (Å²) in [6.45, 7) is 3.70. The minimum Gasteiger partial charge on any atom is -0.396 e. The third kappa shape index (κ3) is 5.52. The lowest BCUT2D eigenvalue weighted by Crippen LogP contribution is -2.41. The van der Waals surface area contributed by atoms with Crippen LogP contribution in [0.1, 0.15) is 29.3 Å². The second-order valence-corrected chi connectivity index (χ2v) is 4.53. The van der Waals surface area contributed by atoms with Gasteiger partial charge in [-0.3, -0.25) is 9.59 Å². The monoisotopic (exact) mass is 264 g/mol. The quantitative estimate of drug-likeness (QED) is 0.704. The number of hydrogen-bond acceptors (Lipinski definition) is 3. The number of amides is 2. The van der Waals surface area contributed by atoms with E-state index >= 15 is 0 Å². The zero-order valence-corrected chi connectivity index (χ0v) is 11.3. The molecule has 104 valence electrons. The van der Waals surface area contributed by atoms with Gasteiger partial charge >= 0.3 is 0 Å². The van der Waals surface area contributed by atoms with Crippen molar-refractivity contribution in [3.05, 3.63) is 35.4 Å². The normalized spacial score (nSPS) is 11.7. The Balaban J connectivity index is 2.37. The van der Waals surface area contributed by atoms with Crippen molar-refractivity contribution in [1.82, 2.24) is 10.6 Å². The van der Waals surface area contributed by atoms with E-state index in [0.29, 0.717) is 12.0 Å². The van der Waals surface area contributed by atoms with Crippen molar-refractivity contribution in [2.75, 3.05) is 13.2 Å². The van der Waals surface area contributed by atoms with Crippen molar-refractivity contribution >= 4 is 11.8 Å². The zero-order valence-electron chi connectivity index (χ0n) is 11.3. The van der Waals surface area contributed by atoms with Crippen molar-refractivity contribution in [2.45, 2.75) is 26.3 Å². The summed E-state index contributed by atoms with van der Waals surface area (Å²) in [6.07, 6.45) is 0.498. The number of aryl methyl sites for hydroxylation is 1. The summed E-state index contributed by atoms with van der Waals surface area (Å²) in [5.74, 6) is -0.536. The molecule has 0 bridgehead atoms. The van der Waals surface area contributed by atoms with E-state index in [9.17, 15) is 9.59 Å². The number of benzene rings is 1. The summed E-state index contributed by atoms with van der Waals surface area (Å²) in [5, 5.41) is 14.0. The lowest BCUT2D eigenvalue weighted by molar-refractivity contribution is -0.120. The van der Waals surface area contributed by atoms with Crippen LogP contribution >= 0.6 is 0 Å².